The van der Waals surface area contributed by atoms with Gasteiger partial charge in [0.05, 0.1) is 5.69 Å². The number of benzene rings is 1. The number of anilines is 1. The Morgan fingerprint density at radius 2 is 2.14 bits per heavy atom. The van der Waals surface area contributed by atoms with E-state index in [2.05, 4.69) is 15.7 Å². The van der Waals surface area contributed by atoms with Gasteiger partial charge in [0.25, 0.3) is 0 Å². The molecular formula is C16H19ClN4O. The van der Waals surface area contributed by atoms with Gasteiger partial charge in [-0.25, -0.2) is 4.68 Å². The van der Waals surface area contributed by atoms with E-state index in [-0.39, 0.29) is 11.8 Å². The highest BCUT2D eigenvalue weighted by atomic mass is 35.5. The number of hydrogen-bond donors (Lipinski definition) is 2. The highest BCUT2D eigenvalue weighted by Crippen LogP contribution is 2.20. The molecule has 5 nitrogen and oxygen atoms in total. The number of nitrogens with zero attached hydrogens (tertiary/aromatic N) is 2. The minimum atomic E-state index is 0.0530. The second-order valence-corrected chi connectivity index (χ2v) is 6.01. The second kappa shape index (κ2) is 6.50. The third kappa shape index (κ3) is 3.31. The quantitative estimate of drug-likeness (QED) is 0.915. The number of piperidine rings is 1. The number of hydrogen-bond acceptors (Lipinski definition) is 3. The molecule has 0 spiro atoms. The standard InChI is InChI=1S/C16H19ClN4O/c1-11-9-15(19-16(22)12-5-7-18-8-6-12)20-21(11)14-4-2-3-13(17)10-14/h2-4,9-10,12,18H,5-8H2,1H3,(H,19,20,22). The lowest BCUT2D eigenvalue weighted by Gasteiger charge is -2.21. The van der Waals surface area contributed by atoms with Crippen molar-refractivity contribution in [2.24, 2.45) is 5.92 Å². The minimum absolute atomic E-state index is 0.0530. The van der Waals surface area contributed by atoms with Crippen LogP contribution in [0.1, 0.15) is 18.5 Å². The third-order valence-electron chi connectivity index (χ3n) is 3.90. The van der Waals surface area contributed by atoms with Crippen LogP contribution in [-0.4, -0.2) is 28.8 Å². The number of amides is 1. The van der Waals surface area contributed by atoms with E-state index in [0.717, 1.165) is 37.3 Å². The fraction of sp³-hybridized carbons (Fsp3) is 0.375. The van der Waals surface area contributed by atoms with Gasteiger partial charge in [-0.3, -0.25) is 4.79 Å². The summed E-state index contributed by atoms with van der Waals surface area (Å²) in [6, 6.07) is 9.36. The van der Waals surface area contributed by atoms with Crippen molar-refractivity contribution in [3.63, 3.8) is 0 Å². The molecule has 1 amide bonds. The molecule has 2 aromatic rings. The number of carbonyl (C=O) groups excluding carboxylic acids is 1. The number of aryl methyl sites for hydroxylation is 1. The van der Waals surface area contributed by atoms with Crippen LogP contribution in [0.15, 0.2) is 30.3 Å². The first kappa shape index (κ1) is 15.1. The molecule has 0 unspecified atom stereocenters. The number of nitrogens with one attached hydrogen (secondary N) is 2. The van der Waals surface area contributed by atoms with E-state index in [1.54, 1.807) is 4.68 Å². The molecule has 0 bridgehead atoms. The molecule has 0 atom stereocenters. The summed E-state index contributed by atoms with van der Waals surface area (Å²) in [6.07, 6.45) is 1.75. The van der Waals surface area contributed by atoms with Crippen LogP contribution in [0.4, 0.5) is 5.82 Å². The molecule has 1 aliphatic rings. The maximum Gasteiger partial charge on any atom is 0.228 e. The molecule has 1 aromatic carbocycles. The zero-order valence-corrected chi connectivity index (χ0v) is 13.2. The largest absolute Gasteiger partial charge is 0.317 e. The number of halogens is 1. The predicted molar refractivity (Wildman–Crippen MR) is 87.5 cm³/mol. The van der Waals surface area contributed by atoms with E-state index >= 15 is 0 Å². The van der Waals surface area contributed by atoms with Crippen LogP contribution >= 0.6 is 11.6 Å². The highest BCUT2D eigenvalue weighted by Gasteiger charge is 2.21. The summed E-state index contributed by atoms with van der Waals surface area (Å²) in [5.41, 5.74) is 1.83. The second-order valence-electron chi connectivity index (χ2n) is 5.58. The van der Waals surface area contributed by atoms with Gasteiger partial charge in [0.15, 0.2) is 5.82 Å². The van der Waals surface area contributed by atoms with Gasteiger partial charge in [-0.05, 0) is 51.1 Å². The summed E-state index contributed by atoms with van der Waals surface area (Å²) in [5.74, 6) is 0.705. The topological polar surface area (TPSA) is 59.0 Å². The van der Waals surface area contributed by atoms with Crippen molar-refractivity contribution in [3.05, 3.63) is 41.0 Å². The SMILES string of the molecule is Cc1cc(NC(=O)C2CCNCC2)nn1-c1cccc(Cl)c1. The maximum absolute atomic E-state index is 12.3. The van der Waals surface area contributed by atoms with Crippen molar-refractivity contribution in [1.29, 1.82) is 0 Å². The Morgan fingerprint density at radius 1 is 1.36 bits per heavy atom. The molecule has 1 fully saturated rings. The zero-order valence-electron chi connectivity index (χ0n) is 12.5. The number of rotatable bonds is 3. The first-order valence-corrected chi connectivity index (χ1v) is 7.85. The molecule has 1 aliphatic heterocycles. The lowest BCUT2D eigenvalue weighted by Crippen LogP contribution is -2.34. The summed E-state index contributed by atoms with van der Waals surface area (Å²) >= 11 is 6.02. The average Bonchev–Trinajstić information content (AvgIpc) is 2.88. The van der Waals surface area contributed by atoms with E-state index in [1.807, 2.05) is 37.3 Å². The molecule has 0 aliphatic carbocycles. The fourth-order valence-corrected chi connectivity index (χ4v) is 2.90. The van der Waals surface area contributed by atoms with Crippen LogP contribution in [-0.2, 0) is 4.79 Å². The Bertz CT molecular complexity index is 677. The summed E-state index contributed by atoms with van der Waals surface area (Å²) in [6.45, 7) is 3.75. The van der Waals surface area contributed by atoms with Gasteiger partial charge in [-0.15, -0.1) is 5.10 Å². The van der Waals surface area contributed by atoms with Gasteiger partial charge in [0, 0.05) is 22.7 Å². The summed E-state index contributed by atoms with van der Waals surface area (Å²) < 4.78 is 1.78. The van der Waals surface area contributed by atoms with Crippen molar-refractivity contribution < 1.29 is 4.79 Å². The molecule has 2 heterocycles. The monoisotopic (exact) mass is 318 g/mol. The van der Waals surface area contributed by atoms with Gasteiger partial charge >= 0.3 is 0 Å². The molecule has 116 valence electrons. The van der Waals surface area contributed by atoms with Crippen molar-refractivity contribution in [2.45, 2.75) is 19.8 Å². The molecule has 3 rings (SSSR count). The Hall–Kier alpha value is -1.85. The number of aromatic nitrogens is 2. The highest BCUT2D eigenvalue weighted by molar-refractivity contribution is 6.30. The van der Waals surface area contributed by atoms with Gasteiger partial charge < -0.3 is 10.6 Å². The Morgan fingerprint density at radius 3 is 2.86 bits per heavy atom. The maximum atomic E-state index is 12.3. The van der Waals surface area contributed by atoms with Crippen LogP contribution in [0.2, 0.25) is 5.02 Å². The van der Waals surface area contributed by atoms with E-state index in [0.29, 0.717) is 10.8 Å². The molecule has 2 N–H and O–H groups in total. The van der Waals surface area contributed by atoms with Crippen molar-refractivity contribution in [3.8, 4) is 5.69 Å². The van der Waals surface area contributed by atoms with Gasteiger partial charge in [-0.1, -0.05) is 17.7 Å². The van der Waals surface area contributed by atoms with Gasteiger partial charge in [0.1, 0.15) is 0 Å². The predicted octanol–water partition coefficient (Wildman–Crippen LogP) is 2.77. The number of carbonyl (C=O) groups is 1. The molecule has 6 heteroatoms. The van der Waals surface area contributed by atoms with E-state index in [1.165, 1.54) is 0 Å². The smallest absolute Gasteiger partial charge is 0.228 e. The summed E-state index contributed by atoms with van der Waals surface area (Å²) in [4.78, 5) is 12.3. The Kier molecular flexibility index (Phi) is 4.45. The molecular weight excluding hydrogens is 300 g/mol. The Labute approximate surface area is 134 Å². The van der Waals surface area contributed by atoms with Crippen LogP contribution < -0.4 is 10.6 Å². The first-order chi connectivity index (χ1) is 10.6. The average molecular weight is 319 g/mol. The third-order valence-corrected chi connectivity index (χ3v) is 4.14. The van der Waals surface area contributed by atoms with Crippen LogP contribution in [0.25, 0.3) is 5.69 Å². The fourth-order valence-electron chi connectivity index (χ4n) is 2.72. The molecule has 0 radical (unpaired) electrons. The minimum Gasteiger partial charge on any atom is -0.317 e. The molecule has 22 heavy (non-hydrogen) atoms. The molecule has 1 saturated heterocycles. The molecule has 1 aromatic heterocycles. The van der Waals surface area contributed by atoms with Crippen molar-refractivity contribution in [2.75, 3.05) is 18.4 Å². The lowest BCUT2D eigenvalue weighted by atomic mass is 9.97. The summed E-state index contributed by atoms with van der Waals surface area (Å²) in [7, 11) is 0. The van der Waals surface area contributed by atoms with Crippen molar-refractivity contribution >= 4 is 23.3 Å². The van der Waals surface area contributed by atoms with Gasteiger partial charge in [-0.2, -0.15) is 0 Å². The first-order valence-electron chi connectivity index (χ1n) is 7.47. The lowest BCUT2D eigenvalue weighted by molar-refractivity contribution is -0.120. The zero-order chi connectivity index (χ0) is 15.5. The Balaban J connectivity index is 1.76. The normalized spacial score (nSPS) is 15.7. The van der Waals surface area contributed by atoms with Crippen LogP contribution in [0.3, 0.4) is 0 Å². The van der Waals surface area contributed by atoms with Gasteiger partial charge in [0.2, 0.25) is 5.91 Å². The van der Waals surface area contributed by atoms with E-state index < -0.39 is 0 Å². The van der Waals surface area contributed by atoms with Crippen LogP contribution in [0.5, 0.6) is 0 Å². The van der Waals surface area contributed by atoms with E-state index in [9.17, 15) is 4.79 Å². The van der Waals surface area contributed by atoms with E-state index in [4.69, 9.17) is 11.6 Å². The van der Waals surface area contributed by atoms with Crippen molar-refractivity contribution in [1.82, 2.24) is 15.1 Å². The summed E-state index contributed by atoms with van der Waals surface area (Å²) in [5, 5.41) is 11.3. The van der Waals surface area contributed by atoms with Crippen LogP contribution in [0, 0.1) is 12.8 Å². The molecule has 0 saturated carbocycles.